The first-order valence-corrected chi connectivity index (χ1v) is 13.8. The summed E-state index contributed by atoms with van der Waals surface area (Å²) in [7, 11) is 0. The Kier molecular flexibility index (Phi) is 13.1. The Hall–Kier alpha value is -5.31. The monoisotopic (exact) mass is 582 g/mol. The first-order chi connectivity index (χ1) is 20.9. The molecule has 4 aromatic rings. The third-order valence-corrected chi connectivity index (χ3v) is 5.96. The van der Waals surface area contributed by atoms with Crippen molar-refractivity contribution < 1.29 is 33.7 Å². The zero-order chi connectivity index (χ0) is 30.9. The molecule has 4 rings (SSSR count). The molecular formula is C34H34N2O7. The van der Waals surface area contributed by atoms with E-state index in [4.69, 9.17) is 19.3 Å². The van der Waals surface area contributed by atoms with Gasteiger partial charge in [-0.05, 0) is 55.3 Å². The summed E-state index contributed by atoms with van der Waals surface area (Å²) in [6.07, 6.45) is 6.25. The van der Waals surface area contributed by atoms with E-state index < -0.39 is 17.9 Å². The van der Waals surface area contributed by atoms with Crippen molar-refractivity contribution >= 4 is 23.7 Å². The molecule has 0 unspecified atom stereocenters. The van der Waals surface area contributed by atoms with Crippen molar-refractivity contribution in [2.24, 2.45) is 0 Å². The Labute approximate surface area is 250 Å². The van der Waals surface area contributed by atoms with Gasteiger partial charge >= 0.3 is 17.9 Å². The van der Waals surface area contributed by atoms with Crippen molar-refractivity contribution in [3.8, 4) is 0 Å². The van der Waals surface area contributed by atoms with Crippen LogP contribution in [0.3, 0.4) is 0 Å². The predicted octanol–water partition coefficient (Wildman–Crippen LogP) is 6.06. The van der Waals surface area contributed by atoms with E-state index in [1.165, 1.54) is 23.9 Å². The van der Waals surface area contributed by atoms with E-state index in [-0.39, 0.29) is 23.6 Å². The number of carbonyl (C=O) groups excluding carboxylic acids is 2. The Morgan fingerprint density at radius 3 is 1.79 bits per heavy atom. The topological polar surface area (TPSA) is 125 Å². The lowest BCUT2D eigenvalue weighted by Gasteiger charge is -2.11. The fourth-order valence-corrected chi connectivity index (χ4v) is 3.82. The first-order valence-electron chi connectivity index (χ1n) is 13.8. The minimum atomic E-state index is -1.17. The van der Waals surface area contributed by atoms with Crippen LogP contribution in [0, 0.1) is 0 Å². The standard InChI is InChI=1S/C25H25NO3.C9H9NO4/c1-2-24(28-17-14-20-9-5-3-6-10-20)22-13-16-26-23(19-22)25(27)29-18-15-21-11-7-4-8-12-21;1-2-14-9(13)6-3-4-10-7(5-6)8(11)12/h2-13,16,19H,14-15,17-18H2,1H3;3-5H,2H2,1H3,(H,11,12)/b24-2-;. The Morgan fingerprint density at radius 1 is 0.698 bits per heavy atom. The number of carboxylic acid groups (broad SMARTS) is 1. The fourth-order valence-electron chi connectivity index (χ4n) is 3.82. The van der Waals surface area contributed by atoms with Crippen LogP contribution in [-0.2, 0) is 27.1 Å². The summed E-state index contributed by atoms with van der Waals surface area (Å²) in [6.45, 7) is 4.72. The minimum Gasteiger partial charge on any atom is -0.493 e. The highest BCUT2D eigenvalue weighted by Gasteiger charge is 2.13. The molecule has 222 valence electrons. The maximum absolute atomic E-state index is 12.4. The van der Waals surface area contributed by atoms with E-state index in [2.05, 4.69) is 22.1 Å². The van der Waals surface area contributed by atoms with Crippen molar-refractivity contribution in [1.29, 1.82) is 0 Å². The fraction of sp³-hybridized carbons (Fsp3) is 0.206. The van der Waals surface area contributed by atoms with Crippen LogP contribution in [0.4, 0.5) is 0 Å². The predicted molar refractivity (Wildman–Crippen MR) is 162 cm³/mol. The molecule has 43 heavy (non-hydrogen) atoms. The van der Waals surface area contributed by atoms with Crippen molar-refractivity contribution in [2.75, 3.05) is 19.8 Å². The summed E-state index contributed by atoms with van der Waals surface area (Å²) < 4.78 is 16.0. The van der Waals surface area contributed by atoms with Crippen molar-refractivity contribution in [3.05, 3.63) is 137 Å². The third-order valence-electron chi connectivity index (χ3n) is 5.96. The normalized spacial score (nSPS) is 10.6. The van der Waals surface area contributed by atoms with Gasteiger partial charge in [-0.15, -0.1) is 0 Å². The lowest BCUT2D eigenvalue weighted by atomic mass is 10.1. The van der Waals surface area contributed by atoms with Crippen LogP contribution in [-0.4, -0.2) is 52.8 Å². The lowest BCUT2D eigenvalue weighted by Crippen LogP contribution is -2.10. The van der Waals surface area contributed by atoms with Crippen LogP contribution in [0.1, 0.15) is 61.9 Å². The van der Waals surface area contributed by atoms with Gasteiger partial charge in [0.15, 0.2) is 0 Å². The number of allylic oxidation sites excluding steroid dienone is 1. The highest BCUT2D eigenvalue weighted by atomic mass is 16.5. The molecule has 0 aliphatic rings. The molecule has 0 bridgehead atoms. The van der Waals surface area contributed by atoms with Crippen LogP contribution >= 0.6 is 0 Å². The number of hydrogen-bond acceptors (Lipinski definition) is 8. The van der Waals surface area contributed by atoms with Crippen molar-refractivity contribution in [1.82, 2.24) is 9.97 Å². The SMILES string of the molecule is C/C=C(\OCCc1ccccc1)c1ccnc(C(=O)OCCc2ccccc2)c1.CCOC(=O)c1ccnc(C(=O)O)c1. The van der Waals surface area contributed by atoms with Gasteiger partial charge in [0.25, 0.3) is 0 Å². The highest BCUT2D eigenvalue weighted by molar-refractivity contribution is 5.93. The summed E-state index contributed by atoms with van der Waals surface area (Å²) in [5.41, 5.74) is 3.47. The maximum Gasteiger partial charge on any atom is 0.356 e. The van der Waals surface area contributed by atoms with Gasteiger partial charge in [-0.1, -0.05) is 60.7 Å². The second kappa shape index (κ2) is 17.5. The number of hydrogen-bond donors (Lipinski definition) is 1. The Morgan fingerprint density at radius 2 is 1.23 bits per heavy atom. The van der Waals surface area contributed by atoms with Crippen LogP contribution < -0.4 is 0 Å². The van der Waals surface area contributed by atoms with E-state index >= 15 is 0 Å². The molecule has 0 saturated heterocycles. The molecule has 0 aliphatic heterocycles. The number of aromatic nitrogens is 2. The molecule has 2 aromatic heterocycles. The van der Waals surface area contributed by atoms with Gasteiger partial charge in [0.2, 0.25) is 0 Å². The number of rotatable bonds is 12. The second-order valence-electron chi connectivity index (χ2n) is 8.99. The molecule has 0 aliphatic carbocycles. The summed E-state index contributed by atoms with van der Waals surface area (Å²) in [4.78, 5) is 41.8. The quantitative estimate of drug-likeness (QED) is 0.157. The Bertz CT molecular complexity index is 1510. The molecule has 0 fully saturated rings. The number of nitrogens with zero attached hydrogens (tertiary/aromatic N) is 2. The van der Waals surface area contributed by atoms with Gasteiger partial charge in [0.1, 0.15) is 17.1 Å². The molecule has 0 atom stereocenters. The van der Waals surface area contributed by atoms with E-state index in [0.717, 1.165) is 23.3 Å². The molecule has 0 amide bonds. The molecule has 0 saturated carbocycles. The Balaban J connectivity index is 0.000000303. The summed E-state index contributed by atoms with van der Waals surface area (Å²) in [5.74, 6) is -1.42. The largest absolute Gasteiger partial charge is 0.493 e. The molecule has 0 spiro atoms. The van der Waals surface area contributed by atoms with Gasteiger partial charge in [0, 0.05) is 30.8 Å². The average molecular weight is 583 g/mol. The van der Waals surface area contributed by atoms with Gasteiger partial charge in [-0.25, -0.2) is 24.4 Å². The summed E-state index contributed by atoms with van der Waals surface area (Å²) in [6, 6.07) is 26.3. The number of benzene rings is 2. The van der Waals surface area contributed by atoms with Crippen LogP contribution in [0.2, 0.25) is 0 Å². The molecule has 0 radical (unpaired) electrons. The molecule has 9 nitrogen and oxygen atoms in total. The first kappa shape index (κ1) is 32.2. The second-order valence-corrected chi connectivity index (χ2v) is 8.99. The number of carboxylic acids is 1. The zero-order valence-corrected chi connectivity index (χ0v) is 24.1. The van der Waals surface area contributed by atoms with E-state index in [9.17, 15) is 14.4 Å². The van der Waals surface area contributed by atoms with Crippen molar-refractivity contribution in [3.63, 3.8) is 0 Å². The third kappa shape index (κ3) is 10.9. The summed E-state index contributed by atoms with van der Waals surface area (Å²) in [5, 5.41) is 8.61. The van der Waals surface area contributed by atoms with Gasteiger partial charge in [-0.3, -0.25) is 0 Å². The molecular weight excluding hydrogens is 548 g/mol. The molecule has 9 heteroatoms. The van der Waals surface area contributed by atoms with Crippen LogP contribution in [0.25, 0.3) is 5.76 Å². The number of esters is 2. The smallest absolute Gasteiger partial charge is 0.356 e. The number of pyridine rings is 2. The van der Waals surface area contributed by atoms with E-state index in [1.54, 1.807) is 19.2 Å². The zero-order valence-electron chi connectivity index (χ0n) is 24.1. The number of carbonyl (C=O) groups is 3. The highest BCUT2D eigenvalue weighted by Crippen LogP contribution is 2.17. The summed E-state index contributed by atoms with van der Waals surface area (Å²) >= 11 is 0. The van der Waals surface area contributed by atoms with Crippen molar-refractivity contribution in [2.45, 2.75) is 26.7 Å². The van der Waals surface area contributed by atoms with Crippen LogP contribution in [0.15, 0.2) is 103 Å². The number of ether oxygens (including phenoxy) is 3. The number of aromatic carboxylic acids is 1. The van der Waals surface area contributed by atoms with Crippen LogP contribution in [0.5, 0.6) is 0 Å². The molecule has 1 N–H and O–H groups in total. The molecule has 2 heterocycles. The van der Waals surface area contributed by atoms with Gasteiger partial charge in [0.05, 0.1) is 25.4 Å². The van der Waals surface area contributed by atoms with E-state index in [0.29, 0.717) is 19.6 Å². The lowest BCUT2D eigenvalue weighted by molar-refractivity contribution is 0.0498. The van der Waals surface area contributed by atoms with Gasteiger partial charge < -0.3 is 19.3 Å². The minimum absolute atomic E-state index is 0.171. The van der Waals surface area contributed by atoms with Gasteiger partial charge in [-0.2, -0.15) is 0 Å². The average Bonchev–Trinajstić information content (AvgIpc) is 3.04. The molecule has 2 aromatic carbocycles. The maximum atomic E-state index is 12.4. The van der Waals surface area contributed by atoms with E-state index in [1.807, 2.05) is 67.6 Å².